The second kappa shape index (κ2) is 6.84. The van der Waals surface area contributed by atoms with Crippen molar-refractivity contribution >= 4 is 11.8 Å². The SMILES string of the molecule is CCCc1ccc(CC(=O)c2ccccc2C(=O)O)cc1. The average Bonchev–Trinajstić information content (AvgIpc) is 2.49. The maximum absolute atomic E-state index is 12.3. The molecular weight excluding hydrogens is 264 g/mol. The van der Waals surface area contributed by atoms with Crippen molar-refractivity contribution in [2.24, 2.45) is 0 Å². The monoisotopic (exact) mass is 282 g/mol. The van der Waals surface area contributed by atoms with Crippen LogP contribution in [-0.4, -0.2) is 16.9 Å². The van der Waals surface area contributed by atoms with Gasteiger partial charge in [-0.25, -0.2) is 4.79 Å². The Kier molecular flexibility index (Phi) is 4.88. The van der Waals surface area contributed by atoms with E-state index in [4.69, 9.17) is 5.11 Å². The van der Waals surface area contributed by atoms with Gasteiger partial charge in [-0.3, -0.25) is 4.79 Å². The van der Waals surface area contributed by atoms with Gasteiger partial charge in [0.1, 0.15) is 0 Å². The number of hydrogen-bond acceptors (Lipinski definition) is 2. The number of carboxylic acids is 1. The molecule has 0 aliphatic rings. The molecule has 2 aromatic rings. The number of carbonyl (C=O) groups is 2. The number of Topliss-reactive ketones (excluding diaryl/α,β-unsaturated/α-hetero) is 1. The summed E-state index contributed by atoms with van der Waals surface area (Å²) in [7, 11) is 0. The number of carbonyl (C=O) groups excluding carboxylic acids is 1. The quantitative estimate of drug-likeness (QED) is 0.821. The van der Waals surface area contributed by atoms with Crippen LogP contribution in [-0.2, 0) is 12.8 Å². The Morgan fingerprint density at radius 3 is 2.05 bits per heavy atom. The summed E-state index contributed by atoms with van der Waals surface area (Å²) in [5, 5.41) is 9.12. The summed E-state index contributed by atoms with van der Waals surface area (Å²) in [6.07, 6.45) is 2.33. The summed E-state index contributed by atoms with van der Waals surface area (Å²) in [5.74, 6) is -1.24. The predicted molar refractivity (Wildman–Crippen MR) is 81.9 cm³/mol. The van der Waals surface area contributed by atoms with Crippen LogP contribution in [0.4, 0.5) is 0 Å². The van der Waals surface area contributed by atoms with Gasteiger partial charge in [-0.05, 0) is 23.6 Å². The lowest BCUT2D eigenvalue weighted by Gasteiger charge is -2.06. The molecule has 0 heterocycles. The summed E-state index contributed by atoms with van der Waals surface area (Å²) in [6, 6.07) is 14.3. The van der Waals surface area contributed by atoms with E-state index in [1.54, 1.807) is 18.2 Å². The maximum atomic E-state index is 12.3. The van der Waals surface area contributed by atoms with Crippen molar-refractivity contribution in [1.82, 2.24) is 0 Å². The lowest BCUT2D eigenvalue weighted by molar-refractivity contribution is 0.0692. The average molecular weight is 282 g/mol. The number of ketones is 1. The molecule has 0 aliphatic heterocycles. The van der Waals surface area contributed by atoms with Gasteiger partial charge in [0.2, 0.25) is 0 Å². The van der Waals surface area contributed by atoms with E-state index in [0.717, 1.165) is 18.4 Å². The molecule has 3 nitrogen and oxygen atoms in total. The zero-order valence-electron chi connectivity index (χ0n) is 12.0. The molecule has 0 amide bonds. The van der Waals surface area contributed by atoms with Gasteiger partial charge in [-0.2, -0.15) is 0 Å². The van der Waals surface area contributed by atoms with E-state index in [0.29, 0.717) is 0 Å². The molecular formula is C18H18O3. The van der Waals surface area contributed by atoms with Crippen molar-refractivity contribution in [3.05, 3.63) is 70.8 Å². The summed E-state index contributed by atoms with van der Waals surface area (Å²) in [6.45, 7) is 2.13. The van der Waals surface area contributed by atoms with Crippen molar-refractivity contribution in [1.29, 1.82) is 0 Å². The molecule has 0 aromatic heterocycles. The summed E-state index contributed by atoms with van der Waals surface area (Å²) in [4.78, 5) is 23.4. The van der Waals surface area contributed by atoms with Crippen LogP contribution >= 0.6 is 0 Å². The number of aromatic carboxylic acids is 1. The molecule has 2 rings (SSSR count). The number of benzene rings is 2. The third kappa shape index (κ3) is 3.78. The second-order valence-corrected chi connectivity index (χ2v) is 5.02. The lowest BCUT2D eigenvalue weighted by Crippen LogP contribution is -2.10. The van der Waals surface area contributed by atoms with Gasteiger partial charge in [0.05, 0.1) is 5.56 Å². The van der Waals surface area contributed by atoms with E-state index >= 15 is 0 Å². The van der Waals surface area contributed by atoms with Crippen LogP contribution in [0.1, 0.15) is 45.2 Å². The Balaban J connectivity index is 2.16. The molecule has 21 heavy (non-hydrogen) atoms. The van der Waals surface area contributed by atoms with E-state index in [2.05, 4.69) is 6.92 Å². The molecule has 0 saturated heterocycles. The fourth-order valence-corrected chi connectivity index (χ4v) is 2.31. The highest BCUT2D eigenvalue weighted by Gasteiger charge is 2.15. The molecule has 0 saturated carbocycles. The highest BCUT2D eigenvalue weighted by molar-refractivity contribution is 6.06. The Labute approximate surface area is 124 Å². The zero-order chi connectivity index (χ0) is 15.2. The number of rotatable bonds is 6. The minimum Gasteiger partial charge on any atom is -0.478 e. The molecule has 0 bridgehead atoms. The third-order valence-electron chi connectivity index (χ3n) is 3.38. The first-order valence-corrected chi connectivity index (χ1v) is 7.05. The van der Waals surface area contributed by atoms with Crippen LogP contribution < -0.4 is 0 Å². The lowest BCUT2D eigenvalue weighted by atomic mass is 9.97. The Bertz CT molecular complexity index is 642. The van der Waals surface area contributed by atoms with Crippen molar-refractivity contribution in [3.63, 3.8) is 0 Å². The second-order valence-electron chi connectivity index (χ2n) is 5.02. The first-order valence-electron chi connectivity index (χ1n) is 7.05. The maximum Gasteiger partial charge on any atom is 0.336 e. The third-order valence-corrected chi connectivity index (χ3v) is 3.38. The highest BCUT2D eigenvalue weighted by atomic mass is 16.4. The Morgan fingerprint density at radius 1 is 0.905 bits per heavy atom. The smallest absolute Gasteiger partial charge is 0.336 e. The number of hydrogen-bond donors (Lipinski definition) is 1. The van der Waals surface area contributed by atoms with Crippen LogP contribution in [0.15, 0.2) is 48.5 Å². The summed E-state index contributed by atoms with van der Waals surface area (Å²) in [5.41, 5.74) is 2.48. The largest absolute Gasteiger partial charge is 0.478 e. The van der Waals surface area contributed by atoms with Crippen LogP contribution in [0.5, 0.6) is 0 Å². The fourth-order valence-electron chi connectivity index (χ4n) is 2.31. The number of carboxylic acid groups (broad SMARTS) is 1. The van der Waals surface area contributed by atoms with Gasteiger partial charge >= 0.3 is 5.97 Å². The Morgan fingerprint density at radius 2 is 1.48 bits per heavy atom. The molecule has 2 aromatic carbocycles. The topological polar surface area (TPSA) is 54.4 Å². The van der Waals surface area contributed by atoms with Gasteiger partial charge in [-0.1, -0.05) is 55.8 Å². The molecule has 0 radical (unpaired) electrons. The predicted octanol–water partition coefficient (Wildman–Crippen LogP) is 3.76. The van der Waals surface area contributed by atoms with Crippen molar-refractivity contribution in [2.75, 3.05) is 0 Å². The van der Waals surface area contributed by atoms with Crippen molar-refractivity contribution < 1.29 is 14.7 Å². The van der Waals surface area contributed by atoms with E-state index in [1.165, 1.54) is 11.6 Å². The minimum absolute atomic E-state index is 0.0603. The molecule has 0 aliphatic carbocycles. The van der Waals surface area contributed by atoms with Gasteiger partial charge in [0.15, 0.2) is 5.78 Å². The van der Waals surface area contributed by atoms with E-state index in [9.17, 15) is 9.59 Å². The summed E-state index contributed by atoms with van der Waals surface area (Å²) >= 11 is 0. The normalized spacial score (nSPS) is 10.3. The van der Waals surface area contributed by atoms with Gasteiger partial charge in [-0.15, -0.1) is 0 Å². The molecule has 0 spiro atoms. The molecule has 3 heteroatoms. The van der Waals surface area contributed by atoms with Crippen molar-refractivity contribution in [2.45, 2.75) is 26.2 Å². The van der Waals surface area contributed by atoms with E-state index in [1.807, 2.05) is 24.3 Å². The highest BCUT2D eigenvalue weighted by Crippen LogP contribution is 2.14. The van der Waals surface area contributed by atoms with E-state index < -0.39 is 5.97 Å². The first-order chi connectivity index (χ1) is 10.1. The van der Waals surface area contributed by atoms with Crippen molar-refractivity contribution in [3.8, 4) is 0 Å². The molecule has 0 atom stereocenters. The minimum atomic E-state index is -1.07. The molecule has 1 N–H and O–H groups in total. The fraction of sp³-hybridized carbons (Fsp3) is 0.222. The van der Waals surface area contributed by atoms with E-state index in [-0.39, 0.29) is 23.3 Å². The standard InChI is InChI=1S/C18H18O3/c1-2-5-13-8-10-14(11-9-13)12-17(19)15-6-3-4-7-16(15)18(20)21/h3-4,6-11H,2,5,12H2,1H3,(H,20,21). The zero-order valence-corrected chi connectivity index (χ0v) is 12.0. The van der Waals surface area contributed by atoms with Crippen LogP contribution in [0.3, 0.4) is 0 Å². The first kappa shape index (κ1) is 15.0. The summed E-state index contributed by atoms with van der Waals surface area (Å²) < 4.78 is 0. The van der Waals surface area contributed by atoms with Crippen LogP contribution in [0, 0.1) is 0 Å². The Hall–Kier alpha value is -2.42. The molecule has 0 fully saturated rings. The number of aryl methyl sites for hydroxylation is 1. The van der Waals surface area contributed by atoms with Gasteiger partial charge < -0.3 is 5.11 Å². The van der Waals surface area contributed by atoms with Gasteiger partial charge in [0.25, 0.3) is 0 Å². The van der Waals surface area contributed by atoms with Crippen LogP contribution in [0.25, 0.3) is 0 Å². The molecule has 108 valence electrons. The van der Waals surface area contributed by atoms with Gasteiger partial charge in [0, 0.05) is 12.0 Å². The molecule has 0 unspecified atom stereocenters. The van der Waals surface area contributed by atoms with Crippen LogP contribution in [0.2, 0.25) is 0 Å².